The largest absolute Gasteiger partial charge is 0.301 e. The van der Waals surface area contributed by atoms with Gasteiger partial charge in [0.15, 0.2) is 0 Å². The summed E-state index contributed by atoms with van der Waals surface area (Å²) in [6.07, 6.45) is 0.514. The van der Waals surface area contributed by atoms with E-state index in [1.807, 2.05) is 18.2 Å². The maximum atomic E-state index is 13.8. The van der Waals surface area contributed by atoms with Gasteiger partial charge in [-0.3, -0.25) is 8.74 Å². The van der Waals surface area contributed by atoms with Crippen molar-refractivity contribution in [3.05, 3.63) is 47.3 Å². The smallest absolute Gasteiger partial charge is 0.284 e. The predicted octanol–water partition coefficient (Wildman–Crippen LogP) is 2.77. The summed E-state index contributed by atoms with van der Waals surface area (Å²) >= 11 is -2.28. The summed E-state index contributed by atoms with van der Waals surface area (Å²) in [6.45, 7) is 0.121. The number of rotatable bonds is 3. The Bertz CT molecular complexity index is 641. The van der Waals surface area contributed by atoms with Gasteiger partial charge in [-0.2, -0.15) is 4.21 Å². The minimum absolute atomic E-state index is 0.0586. The van der Waals surface area contributed by atoms with Crippen LogP contribution in [0.2, 0.25) is 0 Å². The van der Waals surface area contributed by atoms with E-state index >= 15 is 0 Å². The van der Waals surface area contributed by atoms with Gasteiger partial charge in [0.05, 0.1) is 6.61 Å². The molecule has 0 aliphatic heterocycles. The number of benzene rings is 2. The Labute approximate surface area is 106 Å². The third kappa shape index (κ3) is 1.84. The first-order valence-corrected chi connectivity index (χ1v) is 6.64. The SMILES string of the molecule is O=S(O)OCC1Cc2c(F)ccc3cccc1c23. The standard InChI is InChI=1S/C13H11FO3S/c14-12-5-4-8-2-1-3-10-9(7-17-18(15)16)6-11(12)13(8)10/h1-5,9H,6-7H2,(H,15,16). The van der Waals surface area contributed by atoms with E-state index in [0.29, 0.717) is 12.0 Å². The lowest BCUT2D eigenvalue weighted by Gasteiger charge is -2.09. The number of halogens is 1. The molecule has 0 saturated carbocycles. The van der Waals surface area contributed by atoms with Gasteiger partial charge < -0.3 is 0 Å². The third-order valence-electron chi connectivity index (χ3n) is 3.39. The van der Waals surface area contributed by atoms with Crippen LogP contribution in [0.15, 0.2) is 30.3 Å². The van der Waals surface area contributed by atoms with Crippen LogP contribution in [0.25, 0.3) is 10.8 Å². The molecule has 0 spiro atoms. The van der Waals surface area contributed by atoms with E-state index in [1.165, 1.54) is 6.07 Å². The Balaban J connectivity index is 2.06. The van der Waals surface area contributed by atoms with E-state index in [4.69, 9.17) is 8.74 Å². The van der Waals surface area contributed by atoms with Crippen LogP contribution in [0.1, 0.15) is 17.0 Å². The topological polar surface area (TPSA) is 46.5 Å². The second-order valence-corrected chi connectivity index (χ2v) is 5.04. The van der Waals surface area contributed by atoms with Crippen LogP contribution in [0.3, 0.4) is 0 Å². The molecule has 2 unspecified atom stereocenters. The third-order valence-corrected chi connectivity index (χ3v) is 3.73. The van der Waals surface area contributed by atoms with Gasteiger partial charge in [0.2, 0.25) is 0 Å². The second-order valence-electron chi connectivity index (χ2n) is 4.37. The Kier molecular flexibility index (Phi) is 2.89. The van der Waals surface area contributed by atoms with Crippen LogP contribution in [-0.2, 0) is 22.0 Å². The van der Waals surface area contributed by atoms with Gasteiger partial charge in [-0.05, 0) is 34.4 Å². The quantitative estimate of drug-likeness (QED) is 0.869. The number of hydrogen-bond acceptors (Lipinski definition) is 2. The molecule has 1 N–H and O–H groups in total. The fourth-order valence-electron chi connectivity index (χ4n) is 2.64. The molecule has 0 fully saturated rings. The van der Waals surface area contributed by atoms with Crippen LogP contribution >= 0.6 is 0 Å². The van der Waals surface area contributed by atoms with E-state index in [2.05, 4.69) is 0 Å². The molecule has 0 aromatic heterocycles. The second kappa shape index (κ2) is 4.42. The minimum Gasteiger partial charge on any atom is -0.284 e. The lowest BCUT2D eigenvalue weighted by molar-refractivity contribution is 0.283. The molecule has 2 atom stereocenters. The molecule has 3 rings (SSSR count). The van der Waals surface area contributed by atoms with Gasteiger partial charge >= 0.3 is 11.4 Å². The van der Waals surface area contributed by atoms with Gasteiger partial charge in [0.25, 0.3) is 0 Å². The molecule has 0 saturated heterocycles. The summed E-state index contributed by atoms with van der Waals surface area (Å²) in [6, 6.07) is 9.00. The molecule has 18 heavy (non-hydrogen) atoms. The van der Waals surface area contributed by atoms with E-state index < -0.39 is 11.4 Å². The average Bonchev–Trinajstić information content (AvgIpc) is 2.73. The zero-order valence-corrected chi connectivity index (χ0v) is 10.2. The molecule has 2 aromatic rings. The van der Waals surface area contributed by atoms with Crippen molar-refractivity contribution in [1.29, 1.82) is 0 Å². The van der Waals surface area contributed by atoms with Gasteiger partial charge in [-0.1, -0.05) is 24.3 Å². The maximum Gasteiger partial charge on any atom is 0.301 e. The van der Waals surface area contributed by atoms with E-state index in [0.717, 1.165) is 16.3 Å². The Morgan fingerprint density at radius 3 is 3.00 bits per heavy atom. The highest BCUT2D eigenvalue weighted by Crippen LogP contribution is 2.39. The van der Waals surface area contributed by atoms with Crippen molar-refractivity contribution in [2.24, 2.45) is 0 Å². The van der Waals surface area contributed by atoms with Gasteiger partial charge in [-0.25, -0.2) is 4.39 Å². The first kappa shape index (κ1) is 11.8. The normalized spacial score (nSPS) is 19.3. The molecule has 5 heteroatoms. The predicted molar refractivity (Wildman–Crippen MR) is 67.1 cm³/mol. The van der Waals surface area contributed by atoms with E-state index in [9.17, 15) is 8.60 Å². The van der Waals surface area contributed by atoms with Crippen molar-refractivity contribution >= 4 is 22.1 Å². The first-order valence-electron chi connectivity index (χ1n) is 5.61. The summed E-state index contributed by atoms with van der Waals surface area (Å²) in [5, 5.41) is 1.92. The zero-order chi connectivity index (χ0) is 12.7. The molecule has 2 aromatic carbocycles. The minimum atomic E-state index is -2.28. The summed E-state index contributed by atoms with van der Waals surface area (Å²) in [4.78, 5) is 0. The molecule has 0 heterocycles. The molecule has 94 valence electrons. The molecular weight excluding hydrogens is 255 g/mol. The first-order chi connectivity index (χ1) is 8.66. The molecule has 0 radical (unpaired) electrons. The van der Waals surface area contributed by atoms with Crippen molar-refractivity contribution in [1.82, 2.24) is 0 Å². The summed E-state index contributed by atoms with van der Waals surface area (Å²) in [5.74, 6) is -0.278. The Hall–Kier alpha value is -1.30. The van der Waals surface area contributed by atoms with Crippen LogP contribution < -0.4 is 0 Å². The fourth-order valence-corrected chi connectivity index (χ4v) is 2.92. The van der Waals surface area contributed by atoms with Gasteiger partial charge in [0, 0.05) is 5.92 Å². The summed E-state index contributed by atoms with van der Waals surface area (Å²) in [5.41, 5.74) is 1.67. The Morgan fingerprint density at radius 2 is 2.22 bits per heavy atom. The lowest BCUT2D eigenvalue weighted by atomic mass is 10.0. The van der Waals surface area contributed by atoms with Crippen LogP contribution in [0, 0.1) is 5.82 Å². The maximum absolute atomic E-state index is 13.8. The molecule has 1 aliphatic rings. The average molecular weight is 266 g/mol. The van der Waals surface area contributed by atoms with Crippen LogP contribution in [0.5, 0.6) is 0 Å². The van der Waals surface area contributed by atoms with Crippen molar-refractivity contribution < 1.29 is 17.3 Å². The highest BCUT2D eigenvalue weighted by molar-refractivity contribution is 7.74. The molecule has 1 aliphatic carbocycles. The zero-order valence-electron chi connectivity index (χ0n) is 9.43. The molecular formula is C13H11FO3S. The van der Waals surface area contributed by atoms with Crippen molar-refractivity contribution in [3.8, 4) is 0 Å². The van der Waals surface area contributed by atoms with Crippen LogP contribution in [-0.4, -0.2) is 15.4 Å². The van der Waals surface area contributed by atoms with Crippen molar-refractivity contribution in [2.75, 3.05) is 6.61 Å². The summed E-state index contributed by atoms with van der Waals surface area (Å²) in [7, 11) is 0. The molecule has 0 bridgehead atoms. The highest BCUT2D eigenvalue weighted by Gasteiger charge is 2.27. The Morgan fingerprint density at radius 1 is 1.39 bits per heavy atom. The fraction of sp³-hybridized carbons (Fsp3) is 0.231. The summed E-state index contributed by atoms with van der Waals surface area (Å²) < 4.78 is 37.7. The molecule has 0 amide bonds. The highest BCUT2D eigenvalue weighted by atomic mass is 32.2. The van der Waals surface area contributed by atoms with E-state index in [1.54, 1.807) is 6.07 Å². The molecule has 3 nitrogen and oxygen atoms in total. The monoisotopic (exact) mass is 266 g/mol. The lowest BCUT2D eigenvalue weighted by Crippen LogP contribution is -2.08. The number of hydrogen-bond donors (Lipinski definition) is 1. The van der Waals surface area contributed by atoms with Gasteiger partial charge in [-0.15, -0.1) is 0 Å². The van der Waals surface area contributed by atoms with E-state index in [-0.39, 0.29) is 18.3 Å². The van der Waals surface area contributed by atoms with Crippen molar-refractivity contribution in [2.45, 2.75) is 12.3 Å². The van der Waals surface area contributed by atoms with Gasteiger partial charge in [0.1, 0.15) is 5.82 Å². The van der Waals surface area contributed by atoms with Crippen LogP contribution in [0.4, 0.5) is 4.39 Å². The van der Waals surface area contributed by atoms with Crippen molar-refractivity contribution in [3.63, 3.8) is 0 Å².